The van der Waals surface area contributed by atoms with E-state index >= 15 is 0 Å². The number of benzene rings is 2. The number of fused-ring (bicyclic) bond motifs is 3. The number of methoxy groups -OCH3 is 1. The van der Waals surface area contributed by atoms with Crippen LogP contribution in [0.5, 0.6) is 0 Å². The van der Waals surface area contributed by atoms with Crippen LogP contribution in [-0.4, -0.2) is 35.8 Å². The van der Waals surface area contributed by atoms with E-state index in [2.05, 4.69) is 28.1 Å². The number of hydrogen-bond donors (Lipinski definition) is 1. The van der Waals surface area contributed by atoms with Crippen molar-refractivity contribution in [3.63, 3.8) is 0 Å². The van der Waals surface area contributed by atoms with Crippen molar-refractivity contribution < 1.29 is 14.3 Å². The molecule has 0 saturated heterocycles. The first-order chi connectivity index (χ1) is 14.2. The van der Waals surface area contributed by atoms with Crippen LogP contribution in [0.1, 0.15) is 22.7 Å². The van der Waals surface area contributed by atoms with Crippen molar-refractivity contribution in [2.24, 2.45) is 5.92 Å². The number of ether oxygens (including phenoxy) is 1. The van der Waals surface area contributed by atoms with Crippen LogP contribution in [0.2, 0.25) is 0 Å². The van der Waals surface area contributed by atoms with Crippen LogP contribution in [0.25, 0.3) is 10.9 Å². The summed E-state index contributed by atoms with van der Waals surface area (Å²) in [6.07, 6.45) is 5.35. The maximum absolute atomic E-state index is 12.7. The van der Waals surface area contributed by atoms with Gasteiger partial charge in [0.15, 0.2) is 0 Å². The second-order valence-corrected chi connectivity index (χ2v) is 7.32. The number of aromatic amines is 1. The smallest absolute Gasteiger partial charge is 0.315 e. The molecular weight excluding hydrogens is 364 g/mol. The van der Waals surface area contributed by atoms with Gasteiger partial charge in [-0.1, -0.05) is 54.6 Å². The van der Waals surface area contributed by atoms with E-state index in [-0.39, 0.29) is 0 Å². The van der Waals surface area contributed by atoms with Crippen molar-refractivity contribution in [1.82, 2.24) is 9.88 Å². The highest BCUT2D eigenvalue weighted by molar-refractivity contribution is 5.90. The van der Waals surface area contributed by atoms with Gasteiger partial charge in [-0.25, -0.2) is 0 Å². The average molecular weight is 388 g/mol. The van der Waals surface area contributed by atoms with Crippen LogP contribution in [0, 0.1) is 5.92 Å². The van der Waals surface area contributed by atoms with Gasteiger partial charge in [-0.2, -0.15) is 0 Å². The average Bonchev–Trinajstić information content (AvgIpc) is 3.14. The Balaban J connectivity index is 1.79. The first-order valence-electron chi connectivity index (χ1n) is 9.80. The Morgan fingerprint density at radius 2 is 1.93 bits per heavy atom. The number of allylic oxidation sites excluding steroid dienone is 1. The highest BCUT2D eigenvalue weighted by Gasteiger charge is 2.34. The molecule has 0 aliphatic carbocycles. The molecule has 148 valence electrons. The van der Waals surface area contributed by atoms with Gasteiger partial charge in [0.1, 0.15) is 12.2 Å². The Morgan fingerprint density at radius 1 is 1.17 bits per heavy atom. The van der Waals surface area contributed by atoms with E-state index in [1.54, 1.807) is 0 Å². The van der Waals surface area contributed by atoms with E-state index in [0.29, 0.717) is 0 Å². The Hall–Kier alpha value is -3.34. The molecule has 3 aromatic rings. The van der Waals surface area contributed by atoms with Crippen molar-refractivity contribution in [2.45, 2.75) is 18.9 Å². The zero-order valence-electron chi connectivity index (χ0n) is 16.4. The fraction of sp³-hybridized carbons (Fsp3) is 0.250. The van der Waals surface area contributed by atoms with Gasteiger partial charge in [0.05, 0.1) is 13.0 Å². The van der Waals surface area contributed by atoms with Crippen molar-refractivity contribution in [3.8, 4) is 0 Å². The number of para-hydroxylation sites is 1. The van der Waals surface area contributed by atoms with Crippen LogP contribution < -0.4 is 0 Å². The largest absolute Gasteiger partial charge is 0.468 e. The SMILES string of the molecule is COC(=O)C1c2[nH]c3ccccc3c2CCN(Cc2ccccc2)/C=C/C1C=O. The van der Waals surface area contributed by atoms with Crippen LogP contribution >= 0.6 is 0 Å². The summed E-state index contributed by atoms with van der Waals surface area (Å²) in [5, 5.41) is 1.09. The third-order valence-corrected chi connectivity index (χ3v) is 5.55. The summed E-state index contributed by atoms with van der Waals surface area (Å²) in [5.41, 5.74) is 4.02. The zero-order chi connectivity index (χ0) is 20.2. The number of hydrogen-bond acceptors (Lipinski definition) is 4. The molecule has 2 heterocycles. The van der Waals surface area contributed by atoms with Gasteiger partial charge in [-0.3, -0.25) is 4.79 Å². The Morgan fingerprint density at radius 3 is 2.69 bits per heavy atom. The normalized spacial score (nSPS) is 20.2. The predicted molar refractivity (Wildman–Crippen MR) is 112 cm³/mol. The van der Waals surface area contributed by atoms with Gasteiger partial charge in [0.2, 0.25) is 0 Å². The van der Waals surface area contributed by atoms with E-state index in [0.717, 1.165) is 48.0 Å². The van der Waals surface area contributed by atoms with E-state index < -0.39 is 17.8 Å². The minimum atomic E-state index is -0.687. The molecule has 1 aliphatic rings. The number of nitrogens with zero attached hydrogens (tertiary/aromatic N) is 1. The van der Waals surface area contributed by atoms with E-state index in [1.165, 1.54) is 12.7 Å². The molecule has 29 heavy (non-hydrogen) atoms. The molecule has 0 fully saturated rings. The number of carbonyl (C=O) groups excluding carboxylic acids is 2. The minimum Gasteiger partial charge on any atom is -0.468 e. The Labute approximate surface area is 170 Å². The van der Waals surface area contributed by atoms with Crippen LogP contribution in [0.4, 0.5) is 0 Å². The second-order valence-electron chi connectivity index (χ2n) is 7.32. The lowest BCUT2D eigenvalue weighted by Crippen LogP contribution is -2.24. The molecular formula is C24H24N2O3. The summed E-state index contributed by atoms with van der Waals surface area (Å²) < 4.78 is 5.07. The monoisotopic (exact) mass is 388 g/mol. The first-order valence-corrected chi connectivity index (χ1v) is 9.80. The quantitative estimate of drug-likeness (QED) is 0.545. The summed E-state index contributed by atoms with van der Waals surface area (Å²) in [6.45, 7) is 1.52. The molecule has 0 radical (unpaired) electrons. The van der Waals surface area contributed by atoms with Crippen molar-refractivity contribution in [3.05, 3.63) is 83.7 Å². The lowest BCUT2D eigenvalue weighted by atomic mass is 9.87. The van der Waals surface area contributed by atoms with Gasteiger partial charge >= 0.3 is 5.97 Å². The molecule has 1 N–H and O–H groups in total. The zero-order valence-corrected chi connectivity index (χ0v) is 16.4. The van der Waals surface area contributed by atoms with E-state index in [4.69, 9.17) is 4.74 Å². The van der Waals surface area contributed by atoms with Crippen LogP contribution in [0.3, 0.4) is 0 Å². The number of aromatic nitrogens is 1. The molecule has 0 saturated carbocycles. The fourth-order valence-electron chi connectivity index (χ4n) is 4.09. The highest BCUT2D eigenvalue weighted by Crippen LogP contribution is 2.34. The molecule has 1 aliphatic heterocycles. The molecule has 0 bridgehead atoms. The molecule has 2 atom stereocenters. The van der Waals surface area contributed by atoms with Gasteiger partial charge in [0, 0.05) is 29.7 Å². The summed E-state index contributed by atoms with van der Waals surface area (Å²) in [7, 11) is 1.37. The molecule has 1 aromatic heterocycles. The van der Waals surface area contributed by atoms with Crippen molar-refractivity contribution in [1.29, 1.82) is 0 Å². The number of H-pyrrole nitrogens is 1. The van der Waals surface area contributed by atoms with Crippen molar-refractivity contribution in [2.75, 3.05) is 13.7 Å². The third kappa shape index (κ3) is 3.81. The number of carbonyl (C=O) groups is 2. The number of nitrogens with one attached hydrogen (secondary N) is 1. The molecule has 2 unspecified atom stereocenters. The summed E-state index contributed by atoms with van der Waals surface area (Å²) >= 11 is 0. The van der Waals surface area contributed by atoms with E-state index in [1.807, 2.05) is 48.7 Å². The lowest BCUT2D eigenvalue weighted by Gasteiger charge is -2.20. The molecule has 0 spiro atoms. The molecule has 5 heteroatoms. The topological polar surface area (TPSA) is 62.4 Å². The summed E-state index contributed by atoms with van der Waals surface area (Å²) in [5.74, 6) is -1.70. The number of esters is 1. The second kappa shape index (κ2) is 8.35. The fourth-order valence-corrected chi connectivity index (χ4v) is 4.09. The van der Waals surface area contributed by atoms with E-state index in [9.17, 15) is 9.59 Å². The number of rotatable bonds is 4. The molecule has 2 aromatic carbocycles. The predicted octanol–water partition coefficient (Wildman–Crippen LogP) is 3.81. The molecule has 5 nitrogen and oxygen atoms in total. The first kappa shape index (κ1) is 19.0. The third-order valence-electron chi connectivity index (χ3n) is 5.55. The van der Waals surface area contributed by atoms with Crippen LogP contribution in [0.15, 0.2) is 66.9 Å². The number of aldehydes is 1. The van der Waals surface area contributed by atoms with Crippen molar-refractivity contribution >= 4 is 23.2 Å². The minimum absolute atomic E-state index is 0.406. The summed E-state index contributed by atoms with van der Waals surface area (Å²) in [6, 6.07) is 18.2. The van der Waals surface area contributed by atoms with Gasteiger partial charge in [-0.15, -0.1) is 0 Å². The summed E-state index contributed by atoms with van der Waals surface area (Å²) in [4.78, 5) is 30.2. The van der Waals surface area contributed by atoms with Gasteiger partial charge in [-0.05, 0) is 29.8 Å². The Bertz CT molecular complexity index is 1040. The van der Waals surface area contributed by atoms with Gasteiger partial charge in [0.25, 0.3) is 0 Å². The molecule has 0 amide bonds. The Kier molecular flexibility index (Phi) is 5.47. The van der Waals surface area contributed by atoms with Crippen LogP contribution in [-0.2, 0) is 27.3 Å². The molecule has 4 rings (SSSR count). The maximum atomic E-state index is 12.7. The standard InChI is InChI=1S/C24H24N2O3/c1-29-24(28)22-18(16-27)11-13-26(15-17-7-3-2-4-8-17)14-12-20-19-9-5-6-10-21(19)25-23(20)22/h2-11,13,16,18,22,25H,12,14-15H2,1H3/b13-11+. The van der Waals surface area contributed by atoms with Gasteiger partial charge < -0.3 is 19.4 Å². The maximum Gasteiger partial charge on any atom is 0.315 e. The highest BCUT2D eigenvalue weighted by atomic mass is 16.5. The lowest BCUT2D eigenvalue weighted by molar-refractivity contribution is -0.144.